The molecular weight excluding hydrogens is 1230 g/mol. The second-order valence-corrected chi connectivity index (χ2v) is 27.1. The van der Waals surface area contributed by atoms with E-state index in [2.05, 4.69) is 330 Å². The minimum Gasteiger partial charge on any atom is -0.509 e. The van der Waals surface area contributed by atoms with E-state index in [1.54, 1.807) is 0 Å². The molecule has 0 radical (unpaired) electrons. The fourth-order valence-electron chi connectivity index (χ4n) is 12.4. The SMILES string of the molecule is CC(C)c1cccc(C(C)C)c1-c1ccc2c(c1)N(c1[c-]c(Oc3[c-]c4c(cc3)c3cc(C(C)(C)c5ccccc5)ccc3n4-c3cc(C(C)(C)c4ccccc4)ccn3)cc(C(C)(C)C)c1)[CH-]N2c1cc(-c2ccccc2)cc(C(C)(C)C)c1.[Pt]. The largest absolute Gasteiger partial charge is 0.509 e. The number of nitrogens with zero attached hydrogens (tertiary/aromatic N) is 4. The maximum atomic E-state index is 7.18. The van der Waals surface area contributed by atoms with Gasteiger partial charge in [-0.05, 0) is 132 Å². The van der Waals surface area contributed by atoms with Crippen molar-refractivity contribution in [2.75, 3.05) is 9.80 Å². The van der Waals surface area contributed by atoms with Gasteiger partial charge in [0.1, 0.15) is 5.82 Å². The van der Waals surface area contributed by atoms with Gasteiger partial charge in [-0.2, -0.15) is 6.07 Å². The predicted octanol–water partition coefficient (Wildman–Crippen LogP) is 21.8. The smallest absolute Gasteiger partial charge is 0.135 e. The normalized spacial score (nSPS) is 13.0. The van der Waals surface area contributed by atoms with Gasteiger partial charge < -0.3 is 19.1 Å². The van der Waals surface area contributed by atoms with E-state index in [0.717, 1.165) is 55.9 Å². The van der Waals surface area contributed by atoms with Crippen LogP contribution in [0, 0.1) is 18.8 Å². The average Bonchev–Trinajstić information content (AvgIpc) is 1.65. The van der Waals surface area contributed by atoms with Crippen LogP contribution in [-0.4, -0.2) is 9.55 Å². The van der Waals surface area contributed by atoms with E-state index in [-0.39, 0.29) is 42.7 Å². The van der Waals surface area contributed by atoms with Gasteiger partial charge in [-0.15, -0.1) is 53.6 Å². The zero-order chi connectivity index (χ0) is 59.7. The summed E-state index contributed by atoms with van der Waals surface area (Å²) in [4.78, 5) is 9.83. The molecule has 0 atom stereocenters. The number of hydrogen-bond donors (Lipinski definition) is 0. The quantitative estimate of drug-likeness (QED) is 0.108. The maximum Gasteiger partial charge on any atom is 0.135 e. The van der Waals surface area contributed by atoms with E-state index >= 15 is 0 Å². The van der Waals surface area contributed by atoms with Crippen LogP contribution in [0.25, 0.3) is 49.9 Å². The van der Waals surface area contributed by atoms with Gasteiger partial charge in [0, 0.05) is 72.2 Å². The van der Waals surface area contributed by atoms with Gasteiger partial charge in [-0.25, -0.2) is 4.98 Å². The van der Waals surface area contributed by atoms with Gasteiger partial charge in [0.15, 0.2) is 0 Å². The number of ether oxygens (including phenoxy) is 1. The van der Waals surface area contributed by atoms with Crippen molar-refractivity contribution in [3.05, 3.63) is 270 Å². The van der Waals surface area contributed by atoms with Crippen LogP contribution in [0.15, 0.2) is 206 Å². The summed E-state index contributed by atoms with van der Waals surface area (Å²) in [6, 6.07) is 80.9. The van der Waals surface area contributed by atoms with E-state index in [0.29, 0.717) is 23.3 Å². The summed E-state index contributed by atoms with van der Waals surface area (Å²) in [5, 5.41) is 2.20. The Morgan fingerprint density at radius 1 is 0.442 bits per heavy atom. The molecule has 9 aromatic carbocycles. The number of anilines is 4. The molecular formula is C80H79N4OPt-3. The first-order valence-electron chi connectivity index (χ1n) is 30.3. The Morgan fingerprint density at radius 2 is 1.05 bits per heavy atom. The number of aromatic nitrogens is 2. The molecule has 0 amide bonds. The fourth-order valence-corrected chi connectivity index (χ4v) is 12.4. The standard InChI is InChI=1S/C80H79N4O.Pt/c1-52(2)67-31-24-32-68(53(3)4)76(67)55-33-37-72-74(43-55)83(51-82(72)63-42-56(54-25-18-15-19-26-54)41-61(44-63)77(5,6)7)64-45-62(78(8,9)10)46-66(49-64)85-65-35-36-69-70-47-59(79(11,12)57-27-20-16-21-28-57)34-38-71(70)84(73(69)50-65)75-48-60(39-40-81-75)80(13,14)58-29-22-17-23-30-58;/h15-48,51-53H,1-14H3;/q-3;. The van der Waals surface area contributed by atoms with Crippen LogP contribution in [0.4, 0.5) is 22.7 Å². The summed E-state index contributed by atoms with van der Waals surface area (Å²) in [7, 11) is 0. The van der Waals surface area contributed by atoms with E-state index in [1.165, 1.54) is 61.2 Å². The summed E-state index contributed by atoms with van der Waals surface area (Å²) >= 11 is 0. The van der Waals surface area contributed by atoms with Crippen molar-refractivity contribution in [2.45, 2.75) is 130 Å². The predicted molar refractivity (Wildman–Crippen MR) is 358 cm³/mol. The molecule has 0 N–H and O–H groups in total. The molecule has 0 saturated carbocycles. The number of fused-ring (bicyclic) bond motifs is 4. The van der Waals surface area contributed by atoms with Crippen molar-refractivity contribution in [1.82, 2.24) is 9.55 Å². The molecule has 0 saturated heterocycles. The van der Waals surface area contributed by atoms with E-state index in [1.807, 2.05) is 6.20 Å². The van der Waals surface area contributed by atoms with E-state index in [9.17, 15) is 0 Å². The van der Waals surface area contributed by atoms with Gasteiger partial charge in [-0.1, -0.05) is 236 Å². The molecule has 12 rings (SSSR count). The van der Waals surface area contributed by atoms with Gasteiger partial charge in [0.25, 0.3) is 0 Å². The first-order chi connectivity index (χ1) is 40.5. The van der Waals surface area contributed by atoms with Crippen molar-refractivity contribution >= 4 is 44.6 Å². The molecule has 0 unspecified atom stereocenters. The average molecular weight is 1310 g/mol. The Labute approximate surface area is 526 Å². The third-order valence-corrected chi connectivity index (χ3v) is 17.8. The molecule has 11 aromatic rings. The van der Waals surface area contributed by atoms with Crippen molar-refractivity contribution < 1.29 is 25.8 Å². The first-order valence-corrected chi connectivity index (χ1v) is 30.3. The van der Waals surface area contributed by atoms with Crippen LogP contribution in [0.1, 0.15) is 153 Å². The molecule has 0 bridgehead atoms. The minimum absolute atomic E-state index is 0. The zero-order valence-corrected chi connectivity index (χ0v) is 54.6. The molecule has 0 aliphatic carbocycles. The number of rotatable bonds is 13. The summed E-state index contributed by atoms with van der Waals surface area (Å²) in [5.41, 5.74) is 20.1. The van der Waals surface area contributed by atoms with Crippen LogP contribution in [0.2, 0.25) is 0 Å². The monoisotopic (exact) mass is 1310 g/mol. The van der Waals surface area contributed by atoms with E-state index < -0.39 is 0 Å². The molecule has 3 heterocycles. The van der Waals surface area contributed by atoms with Crippen molar-refractivity contribution in [3.63, 3.8) is 0 Å². The summed E-state index contributed by atoms with van der Waals surface area (Å²) in [6.07, 6.45) is 1.95. The van der Waals surface area contributed by atoms with Crippen LogP contribution >= 0.6 is 0 Å². The van der Waals surface area contributed by atoms with Crippen molar-refractivity contribution in [3.8, 4) is 39.6 Å². The molecule has 5 nitrogen and oxygen atoms in total. The molecule has 6 heteroatoms. The second kappa shape index (κ2) is 23.0. The number of hydrogen-bond acceptors (Lipinski definition) is 4. The molecule has 438 valence electrons. The first kappa shape index (κ1) is 59.7. The van der Waals surface area contributed by atoms with Crippen LogP contribution in [0.3, 0.4) is 0 Å². The van der Waals surface area contributed by atoms with Crippen molar-refractivity contribution in [1.29, 1.82) is 0 Å². The molecule has 1 aliphatic heterocycles. The number of pyridine rings is 1. The Balaban J connectivity index is 0.00000768. The van der Waals surface area contributed by atoms with Crippen LogP contribution < -0.4 is 14.5 Å². The van der Waals surface area contributed by atoms with Crippen LogP contribution in [0.5, 0.6) is 11.5 Å². The summed E-state index contributed by atoms with van der Waals surface area (Å²) < 4.78 is 9.44. The summed E-state index contributed by atoms with van der Waals surface area (Å²) in [6.45, 7) is 34.4. The summed E-state index contributed by atoms with van der Waals surface area (Å²) in [5.74, 6) is 2.69. The molecule has 86 heavy (non-hydrogen) atoms. The van der Waals surface area contributed by atoms with Gasteiger partial charge in [0.05, 0.1) is 0 Å². The van der Waals surface area contributed by atoms with Gasteiger partial charge in [-0.3, -0.25) is 0 Å². The van der Waals surface area contributed by atoms with E-state index in [4.69, 9.17) is 9.72 Å². The van der Waals surface area contributed by atoms with Crippen molar-refractivity contribution in [2.24, 2.45) is 0 Å². The van der Waals surface area contributed by atoms with Crippen LogP contribution in [-0.2, 0) is 42.7 Å². The topological polar surface area (TPSA) is 33.5 Å². The molecule has 2 aromatic heterocycles. The Bertz CT molecular complexity index is 4250. The second-order valence-electron chi connectivity index (χ2n) is 27.1. The third-order valence-electron chi connectivity index (χ3n) is 17.8. The molecule has 0 fully saturated rings. The Morgan fingerprint density at radius 3 is 1.66 bits per heavy atom. The maximum absolute atomic E-state index is 7.18. The fraction of sp³-hybridized carbons (Fsp3) is 0.250. The Hall–Kier alpha value is -7.98. The number of benzene rings is 9. The van der Waals surface area contributed by atoms with Gasteiger partial charge >= 0.3 is 0 Å². The third kappa shape index (κ3) is 11.2. The van der Waals surface area contributed by atoms with Gasteiger partial charge in [0.2, 0.25) is 0 Å². The molecule has 1 aliphatic rings. The minimum atomic E-state index is -0.281. The molecule has 0 spiro atoms. The zero-order valence-electron chi connectivity index (χ0n) is 52.4. The Kier molecular flexibility index (Phi) is 16.0.